The Labute approximate surface area is 112 Å². The first-order valence-corrected chi connectivity index (χ1v) is 6.00. The van der Waals surface area contributed by atoms with E-state index in [2.05, 4.69) is 9.72 Å². The minimum absolute atomic E-state index is 0.333. The number of aromatic nitrogens is 2. The van der Waals surface area contributed by atoms with Crippen LogP contribution in [0.5, 0.6) is 0 Å². The van der Waals surface area contributed by atoms with E-state index in [0.717, 1.165) is 17.7 Å². The lowest BCUT2D eigenvalue weighted by Crippen LogP contribution is -1.97. The van der Waals surface area contributed by atoms with Gasteiger partial charge in [-0.25, -0.2) is 9.78 Å². The van der Waals surface area contributed by atoms with Crippen LogP contribution >= 0.6 is 0 Å². The van der Waals surface area contributed by atoms with Gasteiger partial charge in [0.25, 0.3) is 0 Å². The second-order valence-corrected chi connectivity index (χ2v) is 4.28. The minimum Gasteiger partial charge on any atom is -0.466 e. The van der Waals surface area contributed by atoms with Crippen LogP contribution in [-0.4, -0.2) is 22.6 Å². The zero-order valence-corrected chi connectivity index (χ0v) is 11.0. The molecule has 0 radical (unpaired) electrons. The third kappa shape index (κ3) is 3.55. The number of imidazole rings is 1. The van der Waals surface area contributed by atoms with Crippen molar-refractivity contribution < 1.29 is 9.53 Å². The number of methoxy groups -OCH3 is 1. The number of hydrogen-bond donors (Lipinski definition) is 0. The SMILES string of the molecule is COC(=O)/C=C(/C)c1ccc(Cn2ccnc2)cc1. The number of ether oxygens (including phenoxy) is 1. The van der Waals surface area contributed by atoms with E-state index >= 15 is 0 Å². The molecule has 1 aromatic heterocycles. The highest BCUT2D eigenvalue weighted by Crippen LogP contribution is 2.15. The highest BCUT2D eigenvalue weighted by Gasteiger charge is 2.01. The van der Waals surface area contributed by atoms with Gasteiger partial charge in [0.15, 0.2) is 0 Å². The van der Waals surface area contributed by atoms with Gasteiger partial charge >= 0.3 is 5.97 Å². The number of allylic oxidation sites excluding steroid dienone is 1. The summed E-state index contributed by atoms with van der Waals surface area (Å²) in [5, 5.41) is 0. The predicted molar refractivity (Wildman–Crippen MR) is 73.4 cm³/mol. The molecule has 98 valence electrons. The van der Waals surface area contributed by atoms with Crippen LogP contribution in [-0.2, 0) is 16.1 Å². The van der Waals surface area contributed by atoms with Gasteiger partial charge in [-0.05, 0) is 23.6 Å². The average molecular weight is 256 g/mol. The summed E-state index contributed by atoms with van der Waals surface area (Å²) >= 11 is 0. The number of carbonyl (C=O) groups excluding carboxylic acids is 1. The van der Waals surface area contributed by atoms with Crippen LogP contribution in [0.3, 0.4) is 0 Å². The molecule has 0 aliphatic rings. The fraction of sp³-hybridized carbons (Fsp3) is 0.200. The number of esters is 1. The van der Waals surface area contributed by atoms with Crippen molar-refractivity contribution in [1.29, 1.82) is 0 Å². The third-order valence-corrected chi connectivity index (χ3v) is 2.87. The monoisotopic (exact) mass is 256 g/mol. The quantitative estimate of drug-likeness (QED) is 0.623. The molecule has 0 N–H and O–H groups in total. The standard InChI is InChI=1S/C15H16N2O2/c1-12(9-15(18)19-2)14-5-3-13(4-6-14)10-17-8-7-16-11-17/h3-9,11H,10H2,1-2H3/b12-9-. The molecule has 2 aromatic rings. The van der Waals surface area contributed by atoms with Crippen molar-refractivity contribution in [2.75, 3.05) is 7.11 Å². The molecule has 0 atom stereocenters. The third-order valence-electron chi connectivity index (χ3n) is 2.87. The van der Waals surface area contributed by atoms with Gasteiger partial charge in [0.05, 0.1) is 13.4 Å². The lowest BCUT2D eigenvalue weighted by Gasteiger charge is -2.05. The second kappa shape index (κ2) is 6.00. The fourth-order valence-electron chi connectivity index (χ4n) is 1.78. The Bertz CT molecular complexity index is 569. The van der Waals surface area contributed by atoms with Crippen molar-refractivity contribution in [3.05, 3.63) is 60.2 Å². The molecule has 0 spiro atoms. The molecule has 0 saturated heterocycles. The lowest BCUT2D eigenvalue weighted by atomic mass is 10.1. The Morgan fingerprint density at radius 1 is 1.37 bits per heavy atom. The summed E-state index contributed by atoms with van der Waals surface area (Å²) < 4.78 is 6.62. The molecule has 0 bridgehead atoms. The van der Waals surface area contributed by atoms with Gasteiger partial charge in [0, 0.05) is 25.0 Å². The molecule has 1 aromatic carbocycles. The summed E-state index contributed by atoms with van der Waals surface area (Å²) in [6.45, 7) is 2.68. The van der Waals surface area contributed by atoms with Crippen molar-refractivity contribution in [2.24, 2.45) is 0 Å². The van der Waals surface area contributed by atoms with E-state index in [9.17, 15) is 4.79 Å². The van der Waals surface area contributed by atoms with Gasteiger partial charge in [-0.15, -0.1) is 0 Å². The zero-order chi connectivity index (χ0) is 13.7. The van der Waals surface area contributed by atoms with Gasteiger partial charge < -0.3 is 9.30 Å². The number of benzene rings is 1. The van der Waals surface area contributed by atoms with Gasteiger partial charge in [-0.2, -0.15) is 0 Å². The summed E-state index contributed by atoms with van der Waals surface area (Å²) in [4.78, 5) is 15.2. The largest absolute Gasteiger partial charge is 0.466 e. The zero-order valence-electron chi connectivity index (χ0n) is 11.0. The molecule has 0 aliphatic carbocycles. The van der Waals surface area contributed by atoms with Crippen molar-refractivity contribution >= 4 is 11.5 Å². The molecule has 1 heterocycles. The van der Waals surface area contributed by atoms with E-state index in [1.807, 2.05) is 42.0 Å². The van der Waals surface area contributed by atoms with Crippen LogP contribution in [0.15, 0.2) is 49.1 Å². The Kier molecular flexibility index (Phi) is 4.13. The Balaban J connectivity index is 2.10. The van der Waals surface area contributed by atoms with E-state index in [1.54, 1.807) is 12.5 Å². The molecule has 4 nitrogen and oxygen atoms in total. The van der Waals surface area contributed by atoms with Crippen LogP contribution in [0.1, 0.15) is 18.1 Å². The molecular weight excluding hydrogens is 240 g/mol. The van der Waals surface area contributed by atoms with Crippen molar-refractivity contribution in [2.45, 2.75) is 13.5 Å². The summed E-state index contributed by atoms with van der Waals surface area (Å²) in [6.07, 6.45) is 6.97. The molecule has 0 fully saturated rings. The summed E-state index contributed by atoms with van der Waals surface area (Å²) in [7, 11) is 1.38. The Morgan fingerprint density at radius 2 is 2.11 bits per heavy atom. The summed E-state index contributed by atoms with van der Waals surface area (Å²) in [5.41, 5.74) is 3.09. The maximum absolute atomic E-state index is 11.2. The highest BCUT2D eigenvalue weighted by molar-refractivity contribution is 5.90. The Morgan fingerprint density at radius 3 is 2.68 bits per heavy atom. The average Bonchev–Trinajstić information content (AvgIpc) is 2.92. The minimum atomic E-state index is -0.333. The first-order valence-electron chi connectivity index (χ1n) is 6.00. The number of nitrogens with zero attached hydrogens (tertiary/aromatic N) is 2. The molecule has 2 rings (SSSR count). The second-order valence-electron chi connectivity index (χ2n) is 4.28. The van der Waals surface area contributed by atoms with Crippen LogP contribution in [0, 0.1) is 0 Å². The van der Waals surface area contributed by atoms with Gasteiger partial charge in [-0.1, -0.05) is 24.3 Å². The van der Waals surface area contributed by atoms with Crippen molar-refractivity contribution in [3.63, 3.8) is 0 Å². The fourth-order valence-corrected chi connectivity index (χ4v) is 1.78. The molecule has 0 saturated carbocycles. The van der Waals surface area contributed by atoms with Gasteiger partial charge in [0.1, 0.15) is 0 Å². The molecular formula is C15H16N2O2. The molecule has 4 heteroatoms. The number of rotatable bonds is 4. The summed E-state index contributed by atoms with van der Waals surface area (Å²) in [5.74, 6) is -0.333. The molecule has 0 amide bonds. The van der Waals surface area contributed by atoms with Crippen LogP contribution in [0.2, 0.25) is 0 Å². The van der Waals surface area contributed by atoms with E-state index in [4.69, 9.17) is 0 Å². The van der Waals surface area contributed by atoms with Gasteiger partial charge in [0.2, 0.25) is 0 Å². The topological polar surface area (TPSA) is 44.1 Å². The Hall–Kier alpha value is -2.36. The van der Waals surface area contributed by atoms with E-state index in [0.29, 0.717) is 0 Å². The first kappa shape index (κ1) is 13.1. The normalized spacial score (nSPS) is 11.4. The van der Waals surface area contributed by atoms with E-state index < -0.39 is 0 Å². The lowest BCUT2D eigenvalue weighted by molar-refractivity contribution is -0.134. The van der Waals surface area contributed by atoms with Crippen LogP contribution in [0.4, 0.5) is 0 Å². The maximum Gasteiger partial charge on any atom is 0.330 e. The number of hydrogen-bond acceptors (Lipinski definition) is 3. The van der Waals surface area contributed by atoms with Crippen LogP contribution < -0.4 is 0 Å². The molecule has 0 unspecified atom stereocenters. The first-order chi connectivity index (χ1) is 9.19. The maximum atomic E-state index is 11.2. The van der Waals surface area contributed by atoms with Crippen molar-refractivity contribution in [1.82, 2.24) is 9.55 Å². The number of carbonyl (C=O) groups is 1. The van der Waals surface area contributed by atoms with Crippen molar-refractivity contribution in [3.8, 4) is 0 Å². The molecule has 0 aliphatic heterocycles. The highest BCUT2D eigenvalue weighted by atomic mass is 16.5. The van der Waals surface area contributed by atoms with E-state index in [-0.39, 0.29) is 5.97 Å². The van der Waals surface area contributed by atoms with E-state index in [1.165, 1.54) is 18.7 Å². The summed E-state index contributed by atoms with van der Waals surface area (Å²) in [6, 6.07) is 8.09. The smallest absolute Gasteiger partial charge is 0.330 e. The predicted octanol–water partition coefficient (Wildman–Crippen LogP) is 2.51. The van der Waals surface area contributed by atoms with Crippen LogP contribution in [0.25, 0.3) is 5.57 Å². The van der Waals surface area contributed by atoms with Gasteiger partial charge in [-0.3, -0.25) is 0 Å². The molecule has 19 heavy (non-hydrogen) atoms.